The molecule has 0 unspecified atom stereocenters. The van der Waals surface area contributed by atoms with Crippen molar-refractivity contribution >= 4 is 28.4 Å². The first-order valence-corrected chi connectivity index (χ1v) is 9.35. The number of oxazole rings is 1. The van der Waals surface area contributed by atoms with Crippen molar-refractivity contribution in [3.8, 4) is 0 Å². The summed E-state index contributed by atoms with van der Waals surface area (Å²) in [5, 5.41) is 16.9. The number of nitrogens with zero attached hydrogens (tertiary/aromatic N) is 2. The Morgan fingerprint density at radius 2 is 2.07 bits per heavy atom. The van der Waals surface area contributed by atoms with Crippen LogP contribution in [0.3, 0.4) is 0 Å². The third-order valence-corrected chi connectivity index (χ3v) is 4.44. The minimum Gasteiger partial charge on any atom is -0.407 e. The van der Waals surface area contributed by atoms with Crippen molar-refractivity contribution in [3.63, 3.8) is 0 Å². The number of nitrogens with one attached hydrogen (secondary N) is 2. The summed E-state index contributed by atoms with van der Waals surface area (Å²) in [6.45, 7) is 3.90. The minimum absolute atomic E-state index is 0.144. The van der Waals surface area contributed by atoms with E-state index >= 15 is 0 Å². The van der Waals surface area contributed by atoms with Gasteiger partial charge in [-0.05, 0) is 36.7 Å². The summed E-state index contributed by atoms with van der Waals surface area (Å²) in [6, 6.07) is 11.6. The number of benzene rings is 2. The molecule has 2 aromatic carbocycles. The molecule has 0 fully saturated rings. The molecule has 29 heavy (non-hydrogen) atoms. The molecule has 1 amide bonds. The highest BCUT2D eigenvalue weighted by atomic mass is 16.6. The van der Waals surface area contributed by atoms with Crippen molar-refractivity contribution in [1.82, 2.24) is 9.88 Å². The van der Waals surface area contributed by atoms with Crippen molar-refractivity contribution < 1.29 is 14.1 Å². The van der Waals surface area contributed by atoms with Crippen LogP contribution in [0.5, 0.6) is 0 Å². The van der Waals surface area contributed by atoms with Crippen molar-refractivity contribution in [1.29, 1.82) is 0 Å². The standard InChI is InChI=1S/C20H22N4O5/c1-2-21-13-14-5-3-6-15(11-14)22-19(25)7-4-10-23-17-9-8-16(24(27)28)12-18(17)29-20(23)26/h3,5-6,8-9,11-12,21H,2,4,7,10,13H2,1H3,(H,22,25). The Bertz CT molecular complexity index is 1090. The van der Waals surface area contributed by atoms with Crippen LogP contribution < -0.4 is 16.4 Å². The zero-order chi connectivity index (χ0) is 20.8. The van der Waals surface area contributed by atoms with Gasteiger partial charge in [-0.3, -0.25) is 19.5 Å². The van der Waals surface area contributed by atoms with Crippen LogP contribution in [0.15, 0.2) is 51.7 Å². The zero-order valence-electron chi connectivity index (χ0n) is 16.0. The highest BCUT2D eigenvalue weighted by Gasteiger charge is 2.14. The van der Waals surface area contributed by atoms with E-state index in [0.717, 1.165) is 24.3 Å². The maximum absolute atomic E-state index is 12.2. The number of hydrogen-bond donors (Lipinski definition) is 2. The second-order valence-corrected chi connectivity index (χ2v) is 6.56. The summed E-state index contributed by atoms with van der Waals surface area (Å²) in [5.74, 6) is -0.751. The fourth-order valence-corrected chi connectivity index (χ4v) is 3.03. The molecule has 152 valence electrons. The summed E-state index contributed by atoms with van der Waals surface area (Å²) in [7, 11) is 0. The van der Waals surface area contributed by atoms with Gasteiger partial charge in [0, 0.05) is 31.3 Å². The number of nitro benzene ring substituents is 1. The fraction of sp³-hybridized carbons (Fsp3) is 0.300. The molecule has 0 saturated heterocycles. The number of carbonyl (C=O) groups is 1. The zero-order valence-corrected chi connectivity index (χ0v) is 16.0. The lowest BCUT2D eigenvalue weighted by Crippen LogP contribution is -2.17. The summed E-state index contributed by atoms with van der Waals surface area (Å²) >= 11 is 0. The Labute approximate surface area is 166 Å². The van der Waals surface area contributed by atoms with E-state index in [2.05, 4.69) is 10.6 Å². The molecule has 3 rings (SSSR count). The first-order chi connectivity index (χ1) is 14.0. The third-order valence-electron chi connectivity index (χ3n) is 4.44. The van der Waals surface area contributed by atoms with E-state index in [1.807, 2.05) is 31.2 Å². The molecule has 0 spiro atoms. The average Bonchev–Trinajstić information content (AvgIpc) is 3.01. The van der Waals surface area contributed by atoms with Crippen LogP contribution in [0.4, 0.5) is 11.4 Å². The molecule has 9 heteroatoms. The number of aryl methyl sites for hydroxylation is 1. The third kappa shape index (κ3) is 5.08. The van der Waals surface area contributed by atoms with E-state index in [4.69, 9.17) is 4.42 Å². The topological polar surface area (TPSA) is 119 Å². The van der Waals surface area contributed by atoms with E-state index < -0.39 is 10.7 Å². The second kappa shape index (κ2) is 9.16. The van der Waals surface area contributed by atoms with E-state index in [0.29, 0.717) is 11.9 Å². The number of rotatable bonds is 9. The lowest BCUT2D eigenvalue weighted by atomic mass is 10.2. The van der Waals surface area contributed by atoms with E-state index in [1.165, 1.54) is 22.8 Å². The summed E-state index contributed by atoms with van der Waals surface area (Å²) in [5.41, 5.74) is 2.29. The Morgan fingerprint density at radius 1 is 1.24 bits per heavy atom. The fourth-order valence-electron chi connectivity index (χ4n) is 3.03. The molecule has 0 aliphatic heterocycles. The van der Waals surface area contributed by atoms with Crippen LogP contribution in [0.2, 0.25) is 0 Å². The van der Waals surface area contributed by atoms with Gasteiger partial charge < -0.3 is 15.1 Å². The van der Waals surface area contributed by atoms with Gasteiger partial charge in [-0.2, -0.15) is 0 Å². The monoisotopic (exact) mass is 398 g/mol. The lowest BCUT2D eigenvalue weighted by molar-refractivity contribution is -0.384. The minimum atomic E-state index is -0.600. The molecule has 0 aliphatic carbocycles. The lowest BCUT2D eigenvalue weighted by Gasteiger charge is -2.08. The Hall–Kier alpha value is -3.46. The maximum atomic E-state index is 12.2. The van der Waals surface area contributed by atoms with Gasteiger partial charge >= 0.3 is 5.76 Å². The number of nitro groups is 1. The van der Waals surface area contributed by atoms with Crippen molar-refractivity contribution in [3.05, 3.63) is 68.7 Å². The van der Waals surface area contributed by atoms with Crippen LogP contribution in [0.1, 0.15) is 25.3 Å². The predicted octanol–water partition coefficient (Wildman–Crippen LogP) is 3.03. The number of carbonyl (C=O) groups excluding carboxylic acids is 1. The van der Waals surface area contributed by atoms with Gasteiger partial charge in [-0.15, -0.1) is 0 Å². The number of anilines is 1. The van der Waals surface area contributed by atoms with E-state index in [-0.39, 0.29) is 30.1 Å². The van der Waals surface area contributed by atoms with Gasteiger partial charge in [0.1, 0.15) is 0 Å². The number of fused-ring (bicyclic) bond motifs is 1. The molecular formula is C20H22N4O5. The van der Waals surface area contributed by atoms with Gasteiger partial charge in [-0.1, -0.05) is 19.1 Å². The van der Waals surface area contributed by atoms with Crippen LogP contribution in [0, 0.1) is 10.1 Å². The Morgan fingerprint density at radius 3 is 2.83 bits per heavy atom. The number of aromatic nitrogens is 1. The van der Waals surface area contributed by atoms with Gasteiger partial charge in [-0.25, -0.2) is 4.79 Å². The van der Waals surface area contributed by atoms with Crippen LogP contribution in [-0.4, -0.2) is 21.9 Å². The first kappa shape index (κ1) is 20.3. The maximum Gasteiger partial charge on any atom is 0.419 e. The molecule has 1 aromatic heterocycles. The van der Waals surface area contributed by atoms with Crippen molar-refractivity contribution in [2.24, 2.45) is 0 Å². The smallest absolute Gasteiger partial charge is 0.407 e. The molecule has 0 bridgehead atoms. The van der Waals surface area contributed by atoms with Gasteiger partial charge in [0.05, 0.1) is 16.5 Å². The van der Waals surface area contributed by atoms with E-state index in [1.54, 1.807) is 0 Å². The number of hydrogen-bond acceptors (Lipinski definition) is 6. The molecular weight excluding hydrogens is 376 g/mol. The average molecular weight is 398 g/mol. The van der Waals surface area contributed by atoms with Crippen LogP contribution in [-0.2, 0) is 17.9 Å². The summed E-state index contributed by atoms with van der Waals surface area (Å²) in [4.78, 5) is 34.5. The SMILES string of the molecule is CCNCc1cccc(NC(=O)CCCn2c(=O)oc3cc([N+](=O)[O-])ccc32)c1. The molecule has 0 aliphatic rings. The van der Waals surface area contributed by atoms with Crippen molar-refractivity contribution in [2.75, 3.05) is 11.9 Å². The van der Waals surface area contributed by atoms with Crippen molar-refractivity contribution in [2.45, 2.75) is 32.9 Å². The summed E-state index contributed by atoms with van der Waals surface area (Å²) < 4.78 is 6.46. The molecule has 1 heterocycles. The molecule has 0 radical (unpaired) electrons. The highest BCUT2D eigenvalue weighted by Crippen LogP contribution is 2.20. The predicted molar refractivity (Wildman–Crippen MR) is 109 cm³/mol. The van der Waals surface area contributed by atoms with E-state index in [9.17, 15) is 19.7 Å². The normalized spacial score (nSPS) is 10.9. The Kier molecular flexibility index (Phi) is 6.40. The molecule has 2 N–H and O–H groups in total. The molecule has 3 aromatic rings. The molecule has 0 saturated carbocycles. The Balaban J connectivity index is 1.58. The van der Waals surface area contributed by atoms with Crippen LogP contribution >= 0.6 is 0 Å². The summed E-state index contributed by atoms with van der Waals surface area (Å²) in [6.07, 6.45) is 0.651. The quantitative estimate of drug-likeness (QED) is 0.422. The second-order valence-electron chi connectivity index (χ2n) is 6.56. The van der Waals surface area contributed by atoms with Gasteiger partial charge in [0.15, 0.2) is 5.58 Å². The van der Waals surface area contributed by atoms with Crippen LogP contribution in [0.25, 0.3) is 11.1 Å². The number of amides is 1. The largest absolute Gasteiger partial charge is 0.419 e. The number of non-ortho nitro benzene ring substituents is 1. The highest BCUT2D eigenvalue weighted by molar-refractivity contribution is 5.90. The first-order valence-electron chi connectivity index (χ1n) is 9.35. The van der Waals surface area contributed by atoms with Gasteiger partial charge in [0.25, 0.3) is 5.69 Å². The van der Waals surface area contributed by atoms with Gasteiger partial charge in [0.2, 0.25) is 5.91 Å². The molecule has 0 atom stereocenters. The molecule has 9 nitrogen and oxygen atoms in total.